The monoisotopic (exact) mass is 310 g/mol. The fourth-order valence-electron chi connectivity index (χ4n) is 3.88. The second kappa shape index (κ2) is 6.15. The van der Waals surface area contributed by atoms with Gasteiger partial charge < -0.3 is 0 Å². The first-order valence-electron chi connectivity index (χ1n) is 8.68. The number of hydrogen-bond acceptors (Lipinski definition) is 6. The zero-order valence-corrected chi connectivity index (χ0v) is 15.1. The minimum Gasteiger partial charge on any atom is -0.296 e. The lowest BCUT2D eigenvalue weighted by atomic mass is 9.85. The largest absolute Gasteiger partial charge is 0.296 e. The minimum absolute atomic E-state index is 0.164. The Balaban J connectivity index is 2.21. The third kappa shape index (κ3) is 2.82. The van der Waals surface area contributed by atoms with Crippen molar-refractivity contribution in [3.8, 4) is 0 Å². The van der Waals surface area contributed by atoms with Gasteiger partial charge in [-0.2, -0.15) is 10.2 Å². The fourth-order valence-corrected chi connectivity index (χ4v) is 3.88. The molecule has 2 heterocycles. The topological polar surface area (TPSA) is 72.8 Å². The molecular weight excluding hydrogens is 276 g/mol. The average Bonchev–Trinajstić information content (AvgIpc) is 3.15. The smallest absolute Gasteiger partial charge is 0.107 e. The molecule has 0 amide bonds. The third-order valence-electron chi connectivity index (χ3n) is 5.66. The van der Waals surface area contributed by atoms with E-state index in [4.69, 9.17) is 10.2 Å². The van der Waals surface area contributed by atoms with Crippen molar-refractivity contribution in [2.24, 2.45) is 10.2 Å². The molecule has 22 heavy (non-hydrogen) atoms. The highest BCUT2D eigenvalue weighted by Crippen LogP contribution is 2.34. The number of hydrogen-bond donors (Lipinski definition) is 4. The zero-order chi connectivity index (χ0) is 16.5. The van der Waals surface area contributed by atoms with E-state index < -0.39 is 0 Å². The van der Waals surface area contributed by atoms with Crippen LogP contribution in [0, 0.1) is 0 Å². The van der Waals surface area contributed by atoms with Crippen molar-refractivity contribution < 1.29 is 0 Å². The molecule has 2 aliphatic rings. The van der Waals surface area contributed by atoms with Crippen LogP contribution in [0.5, 0.6) is 0 Å². The molecule has 0 spiro atoms. The molecule has 2 fully saturated rings. The molecule has 0 bridgehead atoms. The van der Waals surface area contributed by atoms with Crippen LogP contribution in [0.1, 0.15) is 54.4 Å². The van der Waals surface area contributed by atoms with Gasteiger partial charge in [0.1, 0.15) is 11.1 Å². The van der Waals surface area contributed by atoms with Crippen molar-refractivity contribution in [2.75, 3.05) is 26.2 Å². The van der Waals surface area contributed by atoms with Crippen LogP contribution in [0.2, 0.25) is 0 Å². The first-order valence-corrected chi connectivity index (χ1v) is 8.68. The van der Waals surface area contributed by atoms with Gasteiger partial charge in [0.15, 0.2) is 0 Å². The van der Waals surface area contributed by atoms with Crippen LogP contribution in [0.3, 0.4) is 0 Å². The van der Waals surface area contributed by atoms with Crippen LogP contribution < -0.4 is 21.3 Å². The summed E-state index contributed by atoms with van der Waals surface area (Å²) in [6.45, 7) is 17.0. The molecule has 128 valence electrons. The Kier molecular flexibility index (Phi) is 4.97. The van der Waals surface area contributed by atoms with E-state index in [-0.39, 0.29) is 22.4 Å². The normalized spacial score (nSPS) is 25.2. The molecule has 6 nitrogen and oxygen atoms in total. The molecule has 4 N–H and O–H groups in total. The highest BCUT2D eigenvalue weighted by atomic mass is 15.4. The maximum Gasteiger partial charge on any atom is 0.107 e. The Hall–Kier alpha value is -0.560. The molecule has 0 aromatic carbocycles. The van der Waals surface area contributed by atoms with Crippen LogP contribution in [0.4, 0.5) is 0 Å². The summed E-state index contributed by atoms with van der Waals surface area (Å²) in [6, 6.07) is 0. The van der Waals surface area contributed by atoms with Gasteiger partial charge >= 0.3 is 0 Å². The van der Waals surface area contributed by atoms with Crippen LogP contribution in [0.15, 0.2) is 10.2 Å². The standard InChI is InChI=1S/C16H34N6/c1-7-15(17-9-10-18-15)13(3,4)21-22-14(5,6)16(8-2)19-11-12-20-16/h17-20H,7-12H2,1-6H3. The Morgan fingerprint density at radius 2 is 0.955 bits per heavy atom. The Bertz CT molecular complexity index is 365. The summed E-state index contributed by atoms with van der Waals surface area (Å²) < 4.78 is 0. The van der Waals surface area contributed by atoms with E-state index in [1.54, 1.807) is 0 Å². The first-order chi connectivity index (χ1) is 10.2. The molecule has 0 aliphatic carbocycles. The molecule has 2 rings (SSSR count). The summed E-state index contributed by atoms with van der Waals surface area (Å²) in [6.07, 6.45) is 1.96. The van der Waals surface area contributed by atoms with Crippen molar-refractivity contribution in [1.82, 2.24) is 21.3 Å². The molecule has 0 saturated carbocycles. The van der Waals surface area contributed by atoms with Crippen LogP contribution in [-0.4, -0.2) is 48.6 Å². The lowest BCUT2D eigenvalue weighted by molar-refractivity contribution is 0.152. The Morgan fingerprint density at radius 3 is 1.18 bits per heavy atom. The molecule has 0 unspecified atom stereocenters. The predicted octanol–water partition coefficient (Wildman–Crippen LogP) is 1.59. The van der Waals surface area contributed by atoms with Crippen LogP contribution in [0.25, 0.3) is 0 Å². The van der Waals surface area contributed by atoms with E-state index in [0.717, 1.165) is 39.0 Å². The van der Waals surface area contributed by atoms with E-state index in [1.165, 1.54) is 0 Å². The Labute approximate surface area is 135 Å². The van der Waals surface area contributed by atoms with Gasteiger partial charge in [0.2, 0.25) is 0 Å². The van der Waals surface area contributed by atoms with Crippen LogP contribution >= 0.6 is 0 Å². The first kappa shape index (κ1) is 17.8. The van der Waals surface area contributed by atoms with Crippen molar-refractivity contribution in [3.63, 3.8) is 0 Å². The van der Waals surface area contributed by atoms with Gasteiger partial charge in [-0.25, -0.2) is 0 Å². The second-order valence-corrected chi connectivity index (χ2v) is 7.54. The van der Waals surface area contributed by atoms with Crippen molar-refractivity contribution >= 4 is 0 Å². The number of azo groups is 1. The molecule has 2 aliphatic heterocycles. The lowest BCUT2D eigenvalue weighted by Gasteiger charge is -2.43. The number of nitrogens with one attached hydrogen (secondary N) is 4. The summed E-state index contributed by atoms with van der Waals surface area (Å²) in [5.41, 5.74) is -0.933. The highest BCUT2D eigenvalue weighted by molar-refractivity contribution is 5.09. The fraction of sp³-hybridized carbons (Fsp3) is 1.00. The Morgan fingerprint density at radius 1 is 0.682 bits per heavy atom. The predicted molar refractivity (Wildman–Crippen MR) is 91.1 cm³/mol. The van der Waals surface area contributed by atoms with Gasteiger partial charge in [0.05, 0.1) is 11.3 Å². The summed E-state index contributed by atoms with van der Waals surface area (Å²) >= 11 is 0. The van der Waals surface area contributed by atoms with Crippen molar-refractivity contribution in [3.05, 3.63) is 0 Å². The number of nitrogens with zero attached hydrogens (tertiary/aromatic N) is 2. The summed E-state index contributed by atoms with van der Waals surface area (Å²) in [5.74, 6) is 0. The average molecular weight is 310 g/mol. The second-order valence-electron chi connectivity index (χ2n) is 7.54. The molecular formula is C16H34N6. The van der Waals surface area contributed by atoms with Gasteiger partial charge in [0.25, 0.3) is 0 Å². The maximum absolute atomic E-state index is 4.81. The van der Waals surface area contributed by atoms with E-state index >= 15 is 0 Å². The molecule has 0 atom stereocenters. The van der Waals surface area contributed by atoms with Gasteiger partial charge in [-0.05, 0) is 40.5 Å². The van der Waals surface area contributed by atoms with Crippen LogP contribution in [-0.2, 0) is 0 Å². The summed E-state index contributed by atoms with van der Waals surface area (Å²) in [4.78, 5) is 0. The zero-order valence-electron chi connectivity index (χ0n) is 15.1. The SMILES string of the molecule is CCC1(C(C)(C)N=NC(C)(C)C2(CC)NCCN2)NCCN1. The summed E-state index contributed by atoms with van der Waals surface area (Å²) in [5, 5.41) is 24.0. The maximum atomic E-state index is 4.81. The van der Waals surface area contributed by atoms with E-state index in [2.05, 4.69) is 62.8 Å². The quantitative estimate of drug-likeness (QED) is 0.562. The molecule has 2 saturated heterocycles. The molecule has 0 aromatic heterocycles. The van der Waals surface area contributed by atoms with E-state index in [1.807, 2.05) is 0 Å². The van der Waals surface area contributed by atoms with Gasteiger partial charge in [-0.15, -0.1) is 0 Å². The third-order valence-corrected chi connectivity index (χ3v) is 5.66. The highest BCUT2D eigenvalue weighted by Gasteiger charge is 2.49. The lowest BCUT2D eigenvalue weighted by Crippen LogP contribution is -2.64. The molecule has 0 aromatic rings. The molecule has 0 radical (unpaired) electrons. The van der Waals surface area contributed by atoms with Crippen molar-refractivity contribution in [1.29, 1.82) is 0 Å². The van der Waals surface area contributed by atoms with Crippen molar-refractivity contribution in [2.45, 2.75) is 76.8 Å². The van der Waals surface area contributed by atoms with E-state index in [9.17, 15) is 0 Å². The van der Waals surface area contributed by atoms with Gasteiger partial charge in [-0.1, -0.05) is 13.8 Å². The summed E-state index contributed by atoms with van der Waals surface area (Å²) in [7, 11) is 0. The minimum atomic E-state index is -0.303. The van der Waals surface area contributed by atoms with Gasteiger partial charge in [-0.3, -0.25) is 21.3 Å². The van der Waals surface area contributed by atoms with Gasteiger partial charge in [0, 0.05) is 26.2 Å². The number of rotatable bonds is 6. The molecule has 6 heteroatoms. The van der Waals surface area contributed by atoms with E-state index in [0.29, 0.717) is 0 Å².